The number of rotatable bonds is 4. The van der Waals surface area contributed by atoms with E-state index in [9.17, 15) is 14.4 Å². The molecule has 1 aromatic carbocycles. The third-order valence-electron chi connectivity index (χ3n) is 4.55. The molecule has 0 saturated heterocycles. The zero-order valence-corrected chi connectivity index (χ0v) is 15.1. The predicted molar refractivity (Wildman–Crippen MR) is 99.8 cm³/mol. The van der Waals surface area contributed by atoms with Gasteiger partial charge in [-0.15, -0.1) is 11.3 Å². The van der Waals surface area contributed by atoms with E-state index in [0.717, 1.165) is 21.0 Å². The first-order valence-electron chi connectivity index (χ1n) is 8.47. The normalized spacial score (nSPS) is 13.1. The zero-order valence-electron chi connectivity index (χ0n) is 14.3. The Hall–Kier alpha value is -3.18. The van der Waals surface area contributed by atoms with Crippen LogP contribution in [0.15, 0.2) is 36.5 Å². The number of fused-ring (bicyclic) bond motifs is 1. The molecule has 1 aliphatic heterocycles. The molecule has 0 fully saturated rings. The molecule has 4 rings (SSSR count). The minimum atomic E-state index is -0.273. The summed E-state index contributed by atoms with van der Waals surface area (Å²) in [6.07, 6.45) is 2.20. The van der Waals surface area contributed by atoms with E-state index in [-0.39, 0.29) is 11.7 Å². The Morgan fingerprint density at radius 1 is 1.37 bits per heavy atom. The summed E-state index contributed by atoms with van der Waals surface area (Å²) in [6.45, 7) is 1.55. The van der Waals surface area contributed by atoms with Gasteiger partial charge in [-0.3, -0.25) is 9.89 Å². The van der Waals surface area contributed by atoms with Crippen LogP contribution in [0.4, 0.5) is 9.39 Å². The van der Waals surface area contributed by atoms with Gasteiger partial charge < -0.3 is 10.2 Å². The fourth-order valence-electron chi connectivity index (χ4n) is 3.15. The first-order chi connectivity index (χ1) is 13.2. The number of benzene rings is 1. The van der Waals surface area contributed by atoms with Crippen molar-refractivity contribution in [1.29, 1.82) is 5.26 Å². The lowest BCUT2D eigenvalue weighted by Gasteiger charge is -2.26. The number of anilines is 1. The second-order valence-electron chi connectivity index (χ2n) is 6.25. The van der Waals surface area contributed by atoms with Gasteiger partial charge in [0.15, 0.2) is 0 Å². The van der Waals surface area contributed by atoms with Gasteiger partial charge in [0.2, 0.25) is 0 Å². The molecule has 3 heterocycles. The van der Waals surface area contributed by atoms with E-state index in [0.29, 0.717) is 37.3 Å². The topological polar surface area (TPSA) is 84.8 Å². The van der Waals surface area contributed by atoms with Crippen LogP contribution in [0, 0.1) is 17.1 Å². The van der Waals surface area contributed by atoms with Crippen LogP contribution in [0.1, 0.15) is 32.1 Å². The van der Waals surface area contributed by atoms with Crippen molar-refractivity contribution in [2.45, 2.75) is 19.5 Å². The Morgan fingerprint density at radius 3 is 2.89 bits per heavy atom. The summed E-state index contributed by atoms with van der Waals surface area (Å²) in [7, 11) is 0. The molecule has 0 radical (unpaired) electrons. The number of amides is 1. The van der Waals surface area contributed by atoms with E-state index in [1.54, 1.807) is 29.3 Å². The minimum absolute atomic E-state index is 0.0918. The Kier molecular flexibility index (Phi) is 4.60. The van der Waals surface area contributed by atoms with Crippen molar-refractivity contribution >= 4 is 22.2 Å². The van der Waals surface area contributed by atoms with E-state index >= 15 is 0 Å². The lowest BCUT2D eigenvalue weighted by molar-refractivity contribution is 0.0731. The van der Waals surface area contributed by atoms with E-state index in [1.807, 2.05) is 0 Å². The maximum Gasteiger partial charge on any atom is 0.272 e. The van der Waals surface area contributed by atoms with Gasteiger partial charge in [-0.25, -0.2) is 4.39 Å². The molecule has 0 bridgehead atoms. The second-order valence-corrected chi connectivity index (χ2v) is 7.35. The number of nitrogens with one attached hydrogen (secondary N) is 2. The van der Waals surface area contributed by atoms with Crippen molar-refractivity contribution in [3.8, 4) is 6.07 Å². The van der Waals surface area contributed by atoms with Gasteiger partial charge in [0.25, 0.3) is 5.91 Å². The van der Waals surface area contributed by atoms with Crippen molar-refractivity contribution in [1.82, 2.24) is 15.1 Å². The van der Waals surface area contributed by atoms with Crippen LogP contribution >= 0.6 is 11.3 Å². The van der Waals surface area contributed by atoms with Gasteiger partial charge >= 0.3 is 0 Å². The first kappa shape index (κ1) is 17.2. The fraction of sp³-hybridized carbons (Fsp3) is 0.211. The number of hydrogen-bond acceptors (Lipinski definition) is 5. The minimum Gasteiger partial charge on any atom is -0.372 e. The quantitative estimate of drug-likeness (QED) is 0.726. The molecule has 0 spiro atoms. The van der Waals surface area contributed by atoms with Gasteiger partial charge in [0.05, 0.1) is 12.1 Å². The molecule has 1 amide bonds. The maximum absolute atomic E-state index is 13.0. The van der Waals surface area contributed by atoms with Crippen LogP contribution in [-0.2, 0) is 19.5 Å². The highest BCUT2D eigenvalue weighted by atomic mass is 32.1. The third kappa shape index (κ3) is 3.41. The monoisotopic (exact) mass is 381 g/mol. The summed E-state index contributed by atoms with van der Waals surface area (Å²) in [5.41, 5.74) is 3.05. The SMILES string of the molecule is N#Cc1c(NCc2ccc(F)cc2)sc2c1CCN(C(=O)c1ccn[nH]1)C2. The molecule has 2 N–H and O–H groups in total. The number of carbonyl (C=O) groups excluding carboxylic acids is 1. The molecule has 136 valence electrons. The van der Waals surface area contributed by atoms with Crippen LogP contribution in [-0.4, -0.2) is 27.5 Å². The van der Waals surface area contributed by atoms with Gasteiger partial charge in [0.1, 0.15) is 22.6 Å². The average molecular weight is 381 g/mol. The second kappa shape index (κ2) is 7.21. The summed E-state index contributed by atoms with van der Waals surface area (Å²) >= 11 is 1.50. The molecule has 1 aliphatic rings. The number of thiophene rings is 1. The Bertz CT molecular complexity index is 1000. The standard InChI is InChI=1S/C19H16FN5OS/c20-13-3-1-12(2-4-13)10-22-18-15(9-21)14-6-8-25(11-17(14)27-18)19(26)16-5-7-23-24-16/h1-5,7,22H,6,8,10-11H2,(H,23,24). The number of hydrogen-bond donors (Lipinski definition) is 2. The molecule has 2 aromatic heterocycles. The summed E-state index contributed by atoms with van der Waals surface area (Å²) in [5, 5.41) is 20.2. The van der Waals surface area contributed by atoms with Gasteiger partial charge in [0, 0.05) is 24.2 Å². The van der Waals surface area contributed by atoms with E-state index < -0.39 is 0 Å². The molecular weight excluding hydrogens is 365 g/mol. The third-order valence-corrected chi connectivity index (χ3v) is 5.73. The number of halogens is 1. The van der Waals surface area contributed by atoms with Crippen LogP contribution < -0.4 is 5.32 Å². The smallest absolute Gasteiger partial charge is 0.272 e. The largest absolute Gasteiger partial charge is 0.372 e. The van der Waals surface area contributed by atoms with E-state index in [2.05, 4.69) is 21.6 Å². The highest BCUT2D eigenvalue weighted by Gasteiger charge is 2.27. The zero-order chi connectivity index (χ0) is 18.8. The van der Waals surface area contributed by atoms with Crippen molar-refractivity contribution < 1.29 is 9.18 Å². The van der Waals surface area contributed by atoms with E-state index in [1.165, 1.54) is 23.5 Å². The molecule has 0 atom stereocenters. The first-order valence-corrected chi connectivity index (χ1v) is 9.29. The van der Waals surface area contributed by atoms with Crippen LogP contribution in [0.25, 0.3) is 0 Å². The van der Waals surface area contributed by atoms with Crippen molar-refractivity contribution in [2.24, 2.45) is 0 Å². The molecule has 0 aliphatic carbocycles. The summed E-state index contributed by atoms with van der Waals surface area (Å²) in [6, 6.07) is 10.2. The van der Waals surface area contributed by atoms with Crippen molar-refractivity contribution in [2.75, 3.05) is 11.9 Å². The van der Waals surface area contributed by atoms with Crippen LogP contribution in [0.3, 0.4) is 0 Å². The van der Waals surface area contributed by atoms with E-state index in [4.69, 9.17) is 0 Å². The molecular formula is C19H16FN5OS. The fourth-order valence-corrected chi connectivity index (χ4v) is 4.36. The molecule has 27 heavy (non-hydrogen) atoms. The number of carbonyl (C=O) groups is 1. The predicted octanol–water partition coefficient (Wildman–Crippen LogP) is 3.29. The lowest BCUT2D eigenvalue weighted by Crippen LogP contribution is -2.35. The van der Waals surface area contributed by atoms with Gasteiger partial charge in [-0.1, -0.05) is 12.1 Å². The number of H-pyrrole nitrogens is 1. The summed E-state index contributed by atoms with van der Waals surface area (Å²) < 4.78 is 13.0. The van der Waals surface area contributed by atoms with Crippen molar-refractivity contribution in [3.63, 3.8) is 0 Å². The highest BCUT2D eigenvalue weighted by molar-refractivity contribution is 7.16. The van der Waals surface area contributed by atoms with Crippen LogP contribution in [0.5, 0.6) is 0 Å². The van der Waals surface area contributed by atoms with Gasteiger partial charge in [-0.2, -0.15) is 10.4 Å². The Morgan fingerprint density at radius 2 is 2.19 bits per heavy atom. The number of aromatic nitrogens is 2. The molecule has 3 aromatic rings. The van der Waals surface area contributed by atoms with Gasteiger partial charge in [-0.05, 0) is 35.7 Å². The van der Waals surface area contributed by atoms with Crippen molar-refractivity contribution in [3.05, 3.63) is 69.6 Å². The average Bonchev–Trinajstić information content (AvgIpc) is 3.34. The molecule has 8 heteroatoms. The molecule has 6 nitrogen and oxygen atoms in total. The lowest BCUT2D eigenvalue weighted by atomic mass is 10.0. The highest BCUT2D eigenvalue weighted by Crippen LogP contribution is 2.37. The molecule has 0 unspecified atom stereocenters. The summed E-state index contributed by atoms with van der Waals surface area (Å²) in [5.74, 6) is -0.365. The maximum atomic E-state index is 13.0. The summed E-state index contributed by atoms with van der Waals surface area (Å²) in [4.78, 5) is 15.3. The number of aromatic amines is 1. The Balaban J connectivity index is 1.52. The number of nitriles is 1. The molecule has 0 saturated carbocycles. The Labute approximate surface area is 159 Å². The number of nitrogens with zero attached hydrogens (tertiary/aromatic N) is 3. The van der Waals surface area contributed by atoms with Crippen LogP contribution in [0.2, 0.25) is 0 Å².